The molecule has 0 saturated carbocycles. The van der Waals surface area contributed by atoms with Gasteiger partial charge in [0.2, 0.25) is 0 Å². The smallest absolute Gasteiger partial charge is 0.0183 e. The monoisotopic (exact) mass is 226 g/mol. The minimum Gasteiger partial charge on any atom is -0.0985 e. The highest BCUT2D eigenvalue weighted by molar-refractivity contribution is 9.10. The normalized spacial score (nSPS) is 8.33. The molecule has 0 aromatic heterocycles. The minimum atomic E-state index is 1.11. The molecule has 1 heteroatoms. The van der Waals surface area contributed by atoms with E-state index in [1.807, 2.05) is 26.0 Å². The van der Waals surface area contributed by atoms with Crippen LogP contribution in [0.15, 0.2) is 29.3 Å². The summed E-state index contributed by atoms with van der Waals surface area (Å²) in [5.41, 5.74) is 2.41. The van der Waals surface area contributed by atoms with Crippen LogP contribution in [-0.2, 0) is 0 Å². The van der Waals surface area contributed by atoms with E-state index in [1.165, 1.54) is 5.56 Å². The van der Waals surface area contributed by atoms with Crippen molar-refractivity contribution in [2.45, 2.75) is 20.8 Å². The van der Waals surface area contributed by atoms with Crippen LogP contribution in [0, 0.1) is 6.92 Å². The van der Waals surface area contributed by atoms with Crippen molar-refractivity contribution in [1.29, 1.82) is 0 Å². The summed E-state index contributed by atoms with van der Waals surface area (Å²) in [4.78, 5) is 0. The van der Waals surface area contributed by atoms with Crippen LogP contribution < -0.4 is 0 Å². The van der Waals surface area contributed by atoms with Crippen molar-refractivity contribution in [3.05, 3.63) is 40.4 Å². The molecule has 0 unspecified atom stereocenters. The Hall–Kier alpha value is -0.560. The molecule has 0 bridgehead atoms. The molecule has 0 radical (unpaired) electrons. The predicted molar refractivity (Wildman–Crippen MR) is 60.3 cm³/mol. The van der Waals surface area contributed by atoms with Gasteiger partial charge in [-0.05, 0) is 30.2 Å². The van der Waals surface area contributed by atoms with E-state index in [-0.39, 0.29) is 0 Å². The zero-order chi connectivity index (χ0) is 9.56. The van der Waals surface area contributed by atoms with E-state index in [0.717, 1.165) is 10.0 Å². The lowest BCUT2D eigenvalue weighted by Gasteiger charge is -1.96. The molecule has 0 amide bonds. The topological polar surface area (TPSA) is 0 Å². The number of halogens is 1. The summed E-state index contributed by atoms with van der Waals surface area (Å²) in [5, 5.41) is 0. The quantitative estimate of drug-likeness (QED) is 0.665. The maximum atomic E-state index is 3.69. The van der Waals surface area contributed by atoms with Gasteiger partial charge in [0.25, 0.3) is 0 Å². The van der Waals surface area contributed by atoms with Crippen LogP contribution in [0.2, 0.25) is 0 Å². The van der Waals surface area contributed by atoms with Gasteiger partial charge in [0, 0.05) is 4.47 Å². The SMILES string of the molecule is C=Cc1cc(C)cc(Br)c1.CC. The molecule has 0 aliphatic heterocycles. The third kappa shape index (κ3) is 3.72. The molecule has 0 heterocycles. The van der Waals surface area contributed by atoms with E-state index >= 15 is 0 Å². The van der Waals surface area contributed by atoms with Gasteiger partial charge in [0.15, 0.2) is 0 Å². The van der Waals surface area contributed by atoms with Crippen LogP contribution >= 0.6 is 15.9 Å². The summed E-state index contributed by atoms with van der Waals surface area (Å²) < 4.78 is 1.11. The van der Waals surface area contributed by atoms with Crippen LogP contribution in [0.5, 0.6) is 0 Å². The molecule has 0 fully saturated rings. The van der Waals surface area contributed by atoms with Crippen LogP contribution in [-0.4, -0.2) is 0 Å². The summed E-state index contributed by atoms with van der Waals surface area (Å²) in [7, 11) is 0. The largest absolute Gasteiger partial charge is 0.0985 e. The fourth-order valence-corrected chi connectivity index (χ4v) is 1.51. The fraction of sp³-hybridized carbons (Fsp3) is 0.273. The molecule has 0 aliphatic rings. The number of benzene rings is 1. The highest BCUT2D eigenvalue weighted by Gasteiger charge is 1.90. The van der Waals surface area contributed by atoms with Crippen molar-refractivity contribution in [1.82, 2.24) is 0 Å². The van der Waals surface area contributed by atoms with Crippen molar-refractivity contribution in [2.24, 2.45) is 0 Å². The molecule has 66 valence electrons. The first-order chi connectivity index (χ1) is 5.72. The Morgan fingerprint density at radius 3 is 2.25 bits per heavy atom. The predicted octanol–water partition coefficient (Wildman–Crippen LogP) is 4.43. The maximum Gasteiger partial charge on any atom is 0.0183 e. The maximum absolute atomic E-state index is 3.69. The first-order valence-corrected chi connectivity index (χ1v) is 4.91. The Kier molecular flexibility index (Phi) is 5.73. The Morgan fingerprint density at radius 2 is 1.83 bits per heavy atom. The Bertz CT molecular complexity index is 231. The second-order valence-corrected chi connectivity index (χ2v) is 3.18. The van der Waals surface area contributed by atoms with E-state index in [4.69, 9.17) is 0 Å². The lowest BCUT2D eigenvalue weighted by Crippen LogP contribution is -1.75. The van der Waals surface area contributed by atoms with Gasteiger partial charge in [-0.25, -0.2) is 0 Å². The van der Waals surface area contributed by atoms with Crippen LogP contribution in [0.3, 0.4) is 0 Å². The molecule has 0 nitrogen and oxygen atoms in total. The average Bonchev–Trinajstić information content (AvgIpc) is 2.06. The summed E-state index contributed by atoms with van der Waals surface area (Å²) in [5.74, 6) is 0. The second-order valence-electron chi connectivity index (χ2n) is 2.27. The Labute approximate surface area is 83.4 Å². The zero-order valence-corrected chi connectivity index (χ0v) is 9.48. The standard InChI is InChI=1S/C9H9Br.C2H6/c1-3-8-4-7(2)5-9(10)6-8;1-2/h3-6H,1H2,2H3;1-2H3. The van der Waals surface area contributed by atoms with Crippen LogP contribution in [0.1, 0.15) is 25.0 Å². The Morgan fingerprint density at radius 1 is 1.25 bits per heavy atom. The molecular weight excluding hydrogens is 212 g/mol. The van der Waals surface area contributed by atoms with Gasteiger partial charge in [-0.3, -0.25) is 0 Å². The average molecular weight is 227 g/mol. The third-order valence-corrected chi connectivity index (χ3v) is 1.76. The van der Waals surface area contributed by atoms with E-state index in [2.05, 4.69) is 41.6 Å². The number of aryl methyl sites for hydroxylation is 1. The number of rotatable bonds is 1. The summed E-state index contributed by atoms with van der Waals surface area (Å²) in [6, 6.07) is 6.21. The molecule has 1 rings (SSSR count). The van der Waals surface area contributed by atoms with Gasteiger partial charge in [-0.2, -0.15) is 0 Å². The molecule has 0 spiro atoms. The first-order valence-electron chi connectivity index (χ1n) is 4.12. The number of hydrogen-bond acceptors (Lipinski definition) is 0. The highest BCUT2D eigenvalue weighted by atomic mass is 79.9. The summed E-state index contributed by atoms with van der Waals surface area (Å²) in [6.45, 7) is 9.76. The van der Waals surface area contributed by atoms with Gasteiger partial charge >= 0.3 is 0 Å². The van der Waals surface area contributed by atoms with E-state index in [1.54, 1.807) is 0 Å². The third-order valence-electron chi connectivity index (χ3n) is 1.30. The summed E-state index contributed by atoms with van der Waals surface area (Å²) >= 11 is 3.41. The first kappa shape index (κ1) is 11.4. The van der Waals surface area contributed by atoms with E-state index in [0.29, 0.717) is 0 Å². The van der Waals surface area contributed by atoms with Crippen molar-refractivity contribution >= 4 is 22.0 Å². The van der Waals surface area contributed by atoms with Crippen molar-refractivity contribution in [2.75, 3.05) is 0 Å². The summed E-state index contributed by atoms with van der Waals surface area (Å²) in [6.07, 6.45) is 1.84. The molecule has 1 aromatic carbocycles. The van der Waals surface area contributed by atoms with Gasteiger partial charge < -0.3 is 0 Å². The molecule has 1 aromatic rings. The molecule has 0 atom stereocenters. The van der Waals surface area contributed by atoms with E-state index in [9.17, 15) is 0 Å². The van der Waals surface area contributed by atoms with Crippen molar-refractivity contribution < 1.29 is 0 Å². The second kappa shape index (κ2) is 6.01. The lowest BCUT2D eigenvalue weighted by atomic mass is 10.1. The zero-order valence-electron chi connectivity index (χ0n) is 7.89. The van der Waals surface area contributed by atoms with Gasteiger partial charge in [-0.15, -0.1) is 0 Å². The Balaban J connectivity index is 0.000000561. The van der Waals surface area contributed by atoms with E-state index < -0.39 is 0 Å². The van der Waals surface area contributed by atoms with Crippen molar-refractivity contribution in [3.8, 4) is 0 Å². The lowest BCUT2D eigenvalue weighted by molar-refractivity contribution is 1.44. The van der Waals surface area contributed by atoms with Gasteiger partial charge in [0.1, 0.15) is 0 Å². The highest BCUT2D eigenvalue weighted by Crippen LogP contribution is 2.15. The molecule has 12 heavy (non-hydrogen) atoms. The van der Waals surface area contributed by atoms with Gasteiger partial charge in [-0.1, -0.05) is 48.5 Å². The van der Waals surface area contributed by atoms with Crippen LogP contribution in [0.4, 0.5) is 0 Å². The molecule has 0 N–H and O–H groups in total. The molecular formula is C11H15Br. The minimum absolute atomic E-state index is 1.11. The molecule has 0 aliphatic carbocycles. The van der Waals surface area contributed by atoms with Crippen LogP contribution in [0.25, 0.3) is 6.08 Å². The fourth-order valence-electron chi connectivity index (χ4n) is 0.882. The molecule has 0 saturated heterocycles. The van der Waals surface area contributed by atoms with Gasteiger partial charge in [0.05, 0.1) is 0 Å². The number of hydrogen-bond donors (Lipinski definition) is 0. The van der Waals surface area contributed by atoms with Crippen molar-refractivity contribution in [3.63, 3.8) is 0 Å².